The molecule has 0 N–H and O–H groups in total. The molecule has 0 atom stereocenters. The van der Waals surface area contributed by atoms with Gasteiger partial charge in [-0.3, -0.25) is 0 Å². The molecular formula is C3H5MnO2-. The fourth-order valence-corrected chi connectivity index (χ4v) is 0.241. The van der Waals surface area contributed by atoms with Gasteiger partial charge in [-0.05, 0) is 0 Å². The second-order valence-electron chi connectivity index (χ2n) is 0.838. The number of hydrogen-bond donors (Lipinski definition) is 0. The zero-order valence-electron chi connectivity index (χ0n) is 3.19. The van der Waals surface area contributed by atoms with E-state index < -0.39 is 0 Å². The third-order valence-electron chi connectivity index (χ3n) is 0.455. The van der Waals surface area contributed by atoms with Gasteiger partial charge in [0, 0.05) is 30.3 Å². The first kappa shape index (κ1) is 6.44. The molecule has 1 aliphatic rings. The minimum absolute atomic E-state index is 0. The molecule has 1 fully saturated rings. The predicted molar refractivity (Wildman–Crippen MR) is 16.2 cm³/mol. The first-order valence-electron chi connectivity index (χ1n) is 1.55. The summed E-state index contributed by atoms with van der Waals surface area (Å²) in [7, 11) is 0. The number of hydrogen-bond acceptors (Lipinski definition) is 2. The van der Waals surface area contributed by atoms with E-state index in [0.29, 0.717) is 0 Å². The SMILES string of the molecule is [CH-]1OCCO1.[Mn]. The molecule has 1 radical (unpaired) electrons. The molecule has 2 nitrogen and oxygen atoms in total. The van der Waals surface area contributed by atoms with Crippen molar-refractivity contribution < 1.29 is 26.5 Å². The van der Waals surface area contributed by atoms with Crippen molar-refractivity contribution in [1.29, 1.82) is 0 Å². The van der Waals surface area contributed by atoms with E-state index in [-0.39, 0.29) is 17.1 Å². The summed E-state index contributed by atoms with van der Waals surface area (Å²) >= 11 is 0. The molecular weight excluding hydrogens is 123 g/mol. The Hall–Kier alpha value is 0.439. The van der Waals surface area contributed by atoms with Gasteiger partial charge < -0.3 is 9.47 Å². The Morgan fingerprint density at radius 3 is 1.83 bits per heavy atom. The van der Waals surface area contributed by atoms with Gasteiger partial charge in [0.2, 0.25) is 0 Å². The molecule has 1 rings (SSSR count). The van der Waals surface area contributed by atoms with Gasteiger partial charge in [0.1, 0.15) is 0 Å². The number of ether oxygens (including phenoxy) is 2. The number of rotatable bonds is 0. The molecule has 0 bridgehead atoms. The van der Waals surface area contributed by atoms with Gasteiger partial charge >= 0.3 is 0 Å². The third kappa shape index (κ3) is 1.78. The van der Waals surface area contributed by atoms with Crippen LogP contribution in [0.1, 0.15) is 0 Å². The third-order valence-corrected chi connectivity index (χ3v) is 0.455. The molecule has 0 saturated carbocycles. The van der Waals surface area contributed by atoms with Crippen molar-refractivity contribution in [3.8, 4) is 0 Å². The fraction of sp³-hybridized carbons (Fsp3) is 0.667. The van der Waals surface area contributed by atoms with Crippen LogP contribution in [0, 0.1) is 6.79 Å². The molecule has 37 valence electrons. The normalized spacial score (nSPS) is 20.0. The van der Waals surface area contributed by atoms with E-state index in [9.17, 15) is 0 Å². The standard InChI is InChI=1S/C3H5O2.Mn/c1-2-5-3-4-1;/h3H,1-2H2;/q-1;. The van der Waals surface area contributed by atoms with Crippen LogP contribution in [0.4, 0.5) is 0 Å². The van der Waals surface area contributed by atoms with Crippen LogP contribution >= 0.6 is 0 Å². The van der Waals surface area contributed by atoms with E-state index >= 15 is 0 Å². The Balaban J connectivity index is 0.000000250. The summed E-state index contributed by atoms with van der Waals surface area (Å²) in [5.74, 6) is 0. The van der Waals surface area contributed by atoms with E-state index in [2.05, 4.69) is 9.47 Å². The van der Waals surface area contributed by atoms with Crippen molar-refractivity contribution in [2.75, 3.05) is 13.2 Å². The second-order valence-corrected chi connectivity index (χ2v) is 0.838. The Kier molecular flexibility index (Phi) is 3.89. The van der Waals surface area contributed by atoms with E-state index in [0.717, 1.165) is 13.2 Å². The maximum absolute atomic E-state index is 4.60. The molecule has 0 aliphatic carbocycles. The van der Waals surface area contributed by atoms with Crippen LogP contribution < -0.4 is 0 Å². The second kappa shape index (κ2) is 3.62. The van der Waals surface area contributed by atoms with Gasteiger partial charge in [-0.25, -0.2) is 0 Å². The Labute approximate surface area is 47.3 Å². The monoisotopic (exact) mass is 128 g/mol. The molecule has 0 spiro atoms. The van der Waals surface area contributed by atoms with Crippen LogP contribution in [0.25, 0.3) is 0 Å². The maximum Gasteiger partial charge on any atom is 0.0343 e. The van der Waals surface area contributed by atoms with Gasteiger partial charge in [0.25, 0.3) is 0 Å². The van der Waals surface area contributed by atoms with Gasteiger partial charge in [-0.15, -0.1) is 0 Å². The van der Waals surface area contributed by atoms with Gasteiger partial charge in [-0.2, -0.15) is 0 Å². The van der Waals surface area contributed by atoms with Crippen molar-refractivity contribution in [2.24, 2.45) is 0 Å². The van der Waals surface area contributed by atoms with Crippen LogP contribution in [0.15, 0.2) is 0 Å². The van der Waals surface area contributed by atoms with Gasteiger partial charge in [-0.1, -0.05) is 6.79 Å². The fourth-order valence-electron chi connectivity index (χ4n) is 0.241. The summed E-state index contributed by atoms with van der Waals surface area (Å²) < 4.78 is 9.19. The Morgan fingerprint density at radius 1 is 1.17 bits per heavy atom. The van der Waals surface area contributed by atoms with Gasteiger partial charge in [0.05, 0.1) is 0 Å². The van der Waals surface area contributed by atoms with Crippen LogP contribution in [-0.4, -0.2) is 13.2 Å². The quantitative estimate of drug-likeness (QED) is 0.341. The van der Waals surface area contributed by atoms with Crippen LogP contribution in [-0.2, 0) is 26.5 Å². The molecule has 6 heavy (non-hydrogen) atoms. The molecule has 0 aromatic carbocycles. The molecule has 1 aliphatic heterocycles. The van der Waals surface area contributed by atoms with Crippen LogP contribution in [0.2, 0.25) is 0 Å². The van der Waals surface area contributed by atoms with Crippen LogP contribution in [0.3, 0.4) is 0 Å². The average molecular weight is 128 g/mol. The van der Waals surface area contributed by atoms with E-state index in [4.69, 9.17) is 0 Å². The van der Waals surface area contributed by atoms with Crippen LogP contribution in [0.5, 0.6) is 0 Å². The van der Waals surface area contributed by atoms with Crippen molar-refractivity contribution in [3.63, 3.8) is 0 Å². The summed E-state index contributed by atoms with van der Waals surface area (Å²) in [6.07, 6.45) is 0. The molecule has 0 aromatic rings. The van der Waals surface area contributed by atoms with Crippen molar-refractivity contribution >= 4 is 0 Å². The van der Waals surface area contributed by atoms with E-state index in [1.807, 2.05) is 0 Å². The smallest absolute Gasteiger partial charge is 0.0343 e. The summed E-state index contributed by atoms with van der Waals surface area (Å²) in [6.45, 7) is 2.81. The summed E-state index contributed by atoms with van der Waals surface area (Å²) in [4.78, 5) is 0. The van der Waals surface area contributed by atoms with Gasteiger partial charge in [0.15, 0.2) is 0 Å². The first-order valence-corrected chi connectivity index (χ1v) is 1.55. The van der Waals surface area contributed by atoms with E-state index in [1.54, 1.807) is 0 Å². The summed E-state index contributed by atoms with van der Waals surface area (Å²) in [5.41, 5.74) is 0. The summed E-state index contributed by atoms with van der Waals surface area (Å²) in [6, 6.07) is 0. The molecule has 3 heteroatoms. The van der Waals surface area contributed by atoms with Crippen molar-refractivity contribution in [3.05, 3.63) is 6.79 Å². The van der Waals surface area contributed by atoms with Crippen molar-refractivity contribution in [2.45, 2.75) is 0 Å². The minimum Gasteiger partial charge on any atom is -0.523 e. The zero-order valence-corrected chi connectivity index (χ0v) is 4.37. The molecule has 1 saturated heterocycles. The summed E-state index contributed by atoms with van der Waals surface area (Å²) in [5, 5.41) is 0. The molecule has 0 aromatic heterocycles. The Bertz CT molecular complexity index is 20.4. The average Bonchev–Trinajstić information content (AvgIpc) is 1.76. The maximum atomic E-state index is 4.60. The predicted octanol–water partition coefficient (Wildman–Crippen LogP) is 0.150. The molecule has 1 heterocycles. The van der Waals surface area contributed by atoms with E-state index in [1.165, 1.54) is 6.79 Å². The molecule has 0 amide bonds. The molecule has 0 unspecified atom stereocenters. The Morgan fingerprint density at radius 2 is 1.67 bits per heavy atom. The first-order chi connectivity index (χ1) is 2.50. The topological polar surface area (TPSA) is 18.5 Å². The van der Waals surface area contributed by atoms with Crippen molar-refractivity contribution in [1.82, 2.24) is 0 Å². The largest absolute Gasteiger partial charge is 0.523 e. The zero-order chi connectivity index (χ0) is 3.54. The minimum atomic E-state index is 0.